The summed E-state index contributed by atoms with van der Waals surface area (Å²) >= 11 is 0. The number of benzene rings is 2. The molecule has 0 bridgehead atoms. The number of amides is 1. The van der Waals surface area contributed by atoms with Gasteiger partial charge in [-0.1, -0.05) is 6.07 Å². The molecule has 0 aliphatic carbocycles. The number of aliphatic carboxylic acids is 2. The highest BCUT2D eigenvalue weighted by atomic mass is 19.4. The van der Waals surface area contributed by atoms with Crippen LogP contribution in [0.4, 0.5) is 30.5 Å². The van der Waals surface area contributed by atoms with Crippen LogP contribution in [0, 0.1) is 13.8 Å². The van der Waals surface area contributed by atoms with Crippen molar-refractivity contribution in [2.75, 3.05) is 10.6 Å². The van der Waals surface area contributed by atoms with Crippen LogP contribution in [0.15, 0.2) is 85.7 Å². The van der Waals surface area contributed by atoms with Gasteiger partial charge in [0.2, 0.25) is 5.95 Å². The first-order valence-corrected chi connectivity index (χ1v) is 13.4. The van der Waals surface area contributed by atoms with Crippen molar-refractivity contribution in [3.8, 4) is 16.9 Å². The lowest BCUT2D eigenvalue weighted by atomic mass is 10.1. The topological polar surface area (TPSA) is 172 Å². The van der Waals surface area contributed by atoms with E-state index in [1.807, 2.05) is 13.0 Å². The minimum atomic E-state index is -4.60. The lowest BCUT2D eigenvalue weighted by Gasteiger charge is -2.14. The number of hydrogen-bond acceptors (Lipinski definition) is 8. The SMILES string of the molecule is Cc1cn(-c2cc(NC(=O)c3ccc(C)c(Nc4nccc(-c5cccnc5)n4)c3)cc(C(F)(F)F)c2)cn1.O=C(O)CC(=O)O. The lowest BCUT2D eigenvalue weighted by Crippen LogP contribution is -2.14. The fourth-order valence-corrected chi connectivity index (χ4v) is 4.00. The number of anilines is 3. The second kappa shape index (κ2) is 14.1. The Hall–Kier alpha value is -6.12. The number of aromatic nitrogens is 5. The van der Waals surface area contributed by atoms with Crippen LogP contribution in [-0.2, 0) is 15.8 Å². The molecule has 0 fully saturated rings. The van der Waals surface area contributed by atoms with Crippen molar-refractivity contribution in [2.24, 2.45) is 0 Å². The van der Waals surface area contributed by atoms with Gasteiger partial charge in [0.25, 0.3) is 5.91 Å². The predicted molar refractivity (Wildman–Crippen MR) is 161 cm³/mol. The zero-order chi connectivity index (χ0) is 33.4. The number of halogens is 3. The van der Waals surface area contributed by atoms with Crippen molar-refractivity contribution in [3.63, 3.8) is 0 Å². The summed E-state index contributed by atoms with van der Waals surface area (Å²) < 4.78 is 42.3. The highest BCUT2D eigenvalue weighted by molar-refractivity contribution is 6.05. The smallest absolute Gasteiger partial charge is 0.416 e. The summed E-state index contributed by atoms with van der Waals surface area (Å²) in [6, 6.07) is 13.7. The number of pyridine rings is 1. The van der Waals surface area contributed by atoms with Gasteiger partial charge in [-0.05, 0) is 67.9 Å². The first-order chi connectivity index (χ1) is 21.8. The van der Waals surface area contributed by atoms with Gasteiger partial charge < -0.3 is 25.4 Å². The van der Waals surface area contributed by atoms with E-state index in [-0.39, 0.29) is 16.9 Å². The molecular formula is C31H26F3N7O5. The van der Waals surface area contributed by atoms with Crippen LogP contribution >= 0.6 is 0 Å². The van der Waals surface area contributed by atoms with E-state index in [9.17, 15) is 27.6 Å². The number of aryl methyl sites for hydroxylation is 2. The molecule has 0 aliphatic heterocycles. The molecule has 15 heteroatoms. The van der Waals surface area contributed by atoms with Crippen molar-refractivity contribution in [3.05, 3.63) is 108 Å². The summed E-state index contributed by atoms with van der Waals surface area (Å²) in [7, 11) is 0. The fourth-order valence-electron chi connectivity index (χ4n) is 4.00. The third kappa shape index (κ3) is 8.95. The highest BCUT2D eigenvalue weighted by Gasteiger charge is 2.31. The Morgan fingerprint density at radius 3 is 2.30 bits per heavy atom. The molecule has 3 aromatic heterocycles. The maximum Gasteiger partial charge on any atom is 0.416 e. The summed E-state index contributed by atoms with van der Waals surface area (Å²) in [4.78, 5) is 48.9. The Bertz CT molecular complexity index is 1870. The third-order valence-electron chi connectivity index (χ3n) is 6.17. The molecule has 46 heavy (non-hydrogen) atoms. The van der Waals surface area contributed by atoms with E-state index in [4.69, 9.17) is 10.2 Å². The number of carbonyl (C=O) groups is 3. The number of imidazole rings is 1. The van der Waals surface area contributed by atoms with Crippen LogP contribution in [0.3, 0.4) is 0 Å². The quantitative estimate of drug-likeness (QED) is 0.151. The van der Waals surface area contributed by atoms with Gasteiger partial charge in [-0.25, -0.2) is 15.0 Å². The van der Waals surface area contributed by atoms with Gasteiger partial charge in [-0.2, -0.15) is 13.2 Å². The fraction of sp³-hybridized carbons (Fsp3) is 0.129. The standard InChI is InChI=1S/C28H22F3N7O.C3H4O4/c1-17-5-6-19(10-25(17)37-27-33-9-7-24(36-27)20-4-3-8-32-14-20)26(39)35-22-11-21(28(29,30)31)12-23(13-22)38-15-18(2)34-16-38;4-2(5)1-3(6)7/h3-16H,1-2H3,(H,35,39)(H,33,36,37);1H2,(H,4,5)(H,6,7). The lowest BCUT2D eigenvalue weighted by molar-refractivity contribution is -0.147. The number of carboxylic acids is 2. The van der Waals surface area contributed by atoms with Gasteiger partial charge in [0.15, 0.2) is 0 Å². The Morgan fingerprint density at radius 1 is 0.935 bits per heavy atom. The van der Waals surface area contributed by atoms with E-state index < -0.39 is 36.0 Å². The third-order valence-corrected chi connectivity index (χ3v) is 6.17. The van der Waals surface area contributed by atoms with Crippen molar-refractivity contribution in [1.82, 2.24) is 24.5 Å². The summed E-state index contributed by atoms with van der Waals surface area (Å²) in [5, 5.41) is 21.1. The Balaban J connectivity index is 0.000000617. The van der Waals surface area contributed by atoms with Crippen LogP contribution in [0.25, 0.3) is 16.9 Å². The summed E-state index contributed by atoms with van der Waals surface area (Å²) in [6.45, 7) is 3.58. The molecule has 4 N–H and O–H groups in total. The summed E-state index contributed by atoms with van der Waals surface area (Å²) in [6.07, 6.45) is 2.58. The maximum absolute atomic E-state index is 13.6. The molecule has 0 atom stereocenters. The van der Waals surface area contributed by atoms with Crippen LogP contribution in [0.5, 0.6) is 0 Å². The van der Waals surface area contributed by atoms with Crippen LogP contribution in [0.2, 0.25) is 0 Å². The van der Waals surface area contributed by atoms with Gasteiger partial charge in [0, 0.05) is 53.0 Å². The number of carboxylic acid groups (broad SMARTS) is 2. The van der Waals surface area contributed by atoms with E-state index in [2.05, 4.69) is 30.6 Å². The van der Waals surface area contributed by atoms with Gasteiger partial charge in [0.05, 0.1) is 23.3 Å². The second-order valence-electron chi connectivity index (χ2n) is 9.77. The average Bonchev–Trinajstić information content (AvgIpc) is 3.44. The molecule has 0 radical (unpaired) electrons. The first kappa shape index (κ1) is 32.8. The van der Waals surface area contributed by atoms with Gasteiger partial charge in [-0.3, -0.25) is 19.4 Å². The van der Waals surface area contributed by atoms with Crippen molar-refractivity contribution < 1.29 is 37.8 Å². The monoisotopic (exact) mass is 633 g/mol. The molecule has 0 spiro atoms. The van der Waals surface area contributed by atoms with E-state index in [0.717, 1.165) is 23.3 Å². The van der Waals surface area contributed by atoms with Gasteiger partial charge in [-0.15, -0.1) is 0 Å². The normalized spacial score (nSPS) is 10.8. The molecule has 2 aromatic carbocycles. The molecule has 5 rings (SSSR count). The highest BCUT2D eigenvalue weighted by Crippen LogP contribution is 2.33. The molecule has 0 saturated heterocycles. The number of hydrogen-bond donors (Lipinski definition) is 4. The predicted octanol–water partition coefficient (Wildman–Crippen LogP) is 5.90. The summed E-state index contributed by atoms with van der Waals surface area (Å²) in [5.41, 5.74) is 3.09. The van der Waals surface area contributed by atoms with Crippen LogP contribution < -0.4 is 10.6 Å². The molecule has 0 aliphatic rings. The zero-order valence-electron chi connectivity index (χ0n) is 24.3. The molecule has 3 heterocycles. The van der Waals surface area contributed by atoms with Gasteiger partial charge in [0.1, 0.15) is 6.42 Å². The van der Waals surface area contributed by atoms with Crippen molar-refractivity contribution in [2.45, 2.75) is 26.4 Å². The van der Waals surface area contributed by atoms with E-state index in [1.54, 1.807) is 62.0 Å². The Kier molecular flexibility index (Phi) is 10.1. The van der Waals surface area contributed by atoms with Gasteiger partial charge >= 0.3 is 18.1 Å². The molecule has 0 saturated carbocycles. The van der Waals surface area contributed by atoms with Crippen molar-refractivity contribution >= 4 is 35.2 Å². The zero-order valence-corrected chi connectivity index (χ0v) is 24.3. The number of nitrogens with zero attached hydrogens (tertiary/aromatic N) is 5. The number of carbonyl (C=O) groups excluding carboxylic acids is 1. The number of nitrogens with one attached hydrogen (secondary N) is 2. The molecule has 236 valence electrons. The maximum atomic E-state index is 13.6. The van der Waals surface area contributed by atoms with Crippen LogP contribution in [0.1, 0.15) is 33.6 Å². The van der Waals surface area contributed by atoms with Crippen molar-refractivity contribution in [1.29, 1.82) is 0 Å². The molecule has 12 nitrogen and oxygen atoms in total. The van der Waals surface area contributed by atoms with Crippen LogP contribution in [-0.4, -0.2) is 52.6 Å². The molecular weight excluding hydrogens is 607 g/mol. The van der Waals surface area contributed by atoms with E-state index in [1.165, 1.54) is 17.0 Å². The number of alkyl halides is 3. The largest absolute Gasteiger partial charge is 0.481 e. The van der Waals surface area contributed by atoms with E-state index in [0.29, 0.717) is 23.0 Å². The minimum absolute atomic E-state index is 0.00114. The number of rotatable bonds is 8. The van der Waals surface area contributed by atoms with E-state index >= 15 is 0 Å². The summed E-state index contributed by atoms with van der Waals surface area (Å²) in [5.74, 6) is -2.88. The Labute approximate surface area is 259 Å². The molecule has 1 amide bonds. The minimum Gasteiger partial charge on any atom is -0.481 e. The molecule has 0 unspecified atom stereocenters. The second-order valence-corrected chi connectivity index (χ2v) is 9.77. The Morgan fingerprint density at radius 2 is 1.70 bits per heavy atom. The first-order valence-electron chi connectivity index (χ1n) is 13.4. The average molecular weight is 634 g/mol. The molecule has 5 aromatic rings.